The summed E-state index contributed by atoms with van der Waals surface area (Å²) in [5, 5.41) is 15.7. The molecule has 36 heavy (non-hydrogen) atoms. The highest BCUT2D eigenvalue weighted by atomic mass is 35.5. The molecule has 0 atom stereocenters. The highest BCUT2D eigenvalue weighted by Gasteiger charge is 2.20. The zero-order chi connectivity index (χ0) is 24.9. The minimum atomic E-state index is -0.479. The molecule has 0 radical (unpaired) electrons. The molecule has 0 saturated carbocycles. The maximum atomic E-state index is 11.1. The molecule has 188 valence electrons. The van der Waals surface area contributed by atoms with Crippen molar-refractivity contribution in [3.63, 3.8) is 0 Å². The molecule has 0 bridgehead atoms. The normalized spacial score (nSPS) is 16.5. The van der Waals surface area contributed by atoms with Crippen LogP contribution in [0.2, 0.25) is 5.02 Å². The Bertz CT molecular complexity index is 1220. The third-order valence-electron chi connectivity index (χ3n) is 5.95. The van der Waals surface area contributed by atoms with E-state index in [0.29, 0.717) is 66.3 Å². The van der Waals surface area contributed by atoms with Gasteiger partial charge in [-0.05, 0) is 37.5 Å². The molecule has 2 fully saturated rings. The molecule has 1 aromatic carbocycles. The zero-order valence-electron chi connectivity index (χ0n) is 19.5. The summed E-state index contributed by atoms with van der Waals surface area (Å²) in [6.45, 7) is 4.49. The van der Waals surface area contributed by atoms with Gasteiger partial charge in [0.2, 0.25) is 17.8 Å². The molecule has 13 heteroatoms. The lowest BCUT2D eigenvalue weighted by Gasteiger charge is -2.30. The fraction of sp³-hybridized carbons (Fsp3) is 0.391. The van der Waals surface area contributed by atoms with Crippen molar-refractivity contribution in [3.05, 3.63) is 51.2 Å². The second kappa shape index (κ2) is 10.9. The number of piperidine rings is 1. The standard InChI is InChI=1S/C23H25ClN8O4/c24-19-6-4-16(32(33)34)14-18(19)20-7-5-17(36-20)15-25-29-21-26-22(30-8-2-1-3-9-30)28-23(27-21)31-10-12-35-13-11-31/h4-7,14-15H,1-3,8-13H2,(H,26,27,28,29)/b25-15+. The van der Waals surface area contributed by atoms with E-state index in [2.05, 4.69) is 30.3 Å². The SMILES string of the molecule is O=[N+]([O-])c1ccc(Cl)c(-c2ccc(/C=N/Nc3nc(N4CCCCC4)nc(N4CCOCC4)n3)o2)c1. The highest BCUT2D eigenvalue weighted by Crippen LogP contribution is 2.32. The van der Waals surface area contributed by atoms with E-state index in [1.165, 1.54) is 30.8 Å². The number of non-ortho nitro benzene ring substituents is 1. The van der Waals surface area contributed by atoms with Crippen molar-refractivity contribution in [3.8, 4) is 11.3 Å². The average molecular weight is 513 g/mol. The predicted molar refractivity (Wildman–Crippen MR) is 136 cm³/mol. The number of halogens is 1. The number of hydrogen-bond donors (Lipinski definition) is 1. The third-order valence-corrected chi connectivity index (χ3v) is 6.28. The van der Waals surface area contributed by atoms with Crippen LogP contribution in [0.4, 0.5) is 23.5 Å². The molecule has 0 unspecified atom stereocenters. The second-order valence-electron chi connectivity index (χ2n) is 8.40. The molecule has 5 rings (SSSR count). The molecule has 0 aliphatic carbocycles. The molecule has 0 spiro atoms. The summed E-state index contributed by atoms with van der Waals surface area (Å²) in [4.78, 5) is 28.7. The van der Waals surface area contributed by atoms with Crippen LogP contribution in [0.5, 0.6) is 0 Å². The van der Waals surface area contributed by atoms with E-state index in [1.807, 2.05) is 0 Å². The van der Waals surface area contributed by atoms with E-state index in [1.54, 1.807) is 12.1 Å². The van der Waals surface area contributed by atoms with Gasteiger partial charge in [0.1, 0.15) is 11.5 Å². The number of nitrogens with one attached hydrogen (secondary N) is 1. The van der Waals surface area contributed by atoms with Crippen LogP contribution in [-0.2, 0) is 4.74 Å². The minimum absolute atomic E-state index is 0.0712. The van der Waals surface area contributed by atoms with Crippen LogP contribution in [0.15, 0.2) is 39.9 Å². The van der Waals surface area contributed by atoms with Crippen molar-refractivity contribution >= 4 is 41.3 Å². The molecule has 12 nitrogen and oxygen atoms in total. The topological polar surface area (TPSA) is 135 Å². The third kappa shape index (κ3) is 5.55. The molecule has 2 aliphatic rings. The molecule has 2 aromatic heterocycles. The Morgan fingerprint density at radius 2 is 1.72 bits per heavy atom. The Labute approximate surface area is 212 Å². The lowest BCUT2D eigenvalue weighted by molar-refractivity contribution is -0.384. The molecule has 0 amide bonds. The molecule has 4 heterocycles. The molecule has 1 N–H and O–H groups in total. The van der Waals surface area contributed by atoms with Crippen molar-refractivity contribution in [2.75, 3.05) is 54.6 Å². The van der Waals surface area contributed by atoms with Gasteiger partial charge >= 0.3 is 0 Å². The first kappa shape index (κ1) is 23.9. The number of ether oxygens (including phenoxy) is 1. The molecular formula is C23H25ClN8O4. The van der Waals surface area contributed by atoms with Gasteiger partial charge in [-0.2, -0.15) is 20.1 Å². The van der Waals surface area contributed by atoms with Gasteiger partial charge < -0.3 is 19.0 Å². The van der Waals surface area contributed by atoms with Crippen molar-refractivity contribution < 1.29 is 14.1 Å². The number of hydrogen-bond acceptors (Lipinski definition) is 11. The number of aromatic nitrogens is 3. The number of morpholine rings is 1. The highest BCUT2D eigenvalue weighted by molar-refractivity contribution is 6.33. The van der Waals surface area contributed by atoms with Gasteiger partial charge in [-0.3, -0.25) is 10.1 Å². The first-order chi connectivity index (χ1) is 17.6. The summed E-state index contributed by atoms with van der Waals surface area (Å²) >= 11 is 6.22. The zero-order valence-corrected chi connectivity index (χ0v) is 20.2. The maximum Gasteiger partial charge on any atom is 0.270 e. The minimum Gasteiger partial charge on any atom is -0.455 e. The Balaban J connectivity index is 1.34. The van der Waals surface area contributed by atoms with Gasteiger partial charge in [-0.15, -0.1) is 0 Å². The van der Waals surface area contributed by atoms with Crippen LogP contribution < -0.4 is 15.2 Å². The number of anilines is 3. The largest absolute Gasteiger partial charge is 0.455 e. The van der Waals surface area contributed by atoms with Crippen LogP contribution >= 0.6 is 11.6 Å². The van der Waals surface area contributed by atoms with Gasteiger partial charge in [0.25, 0.3) is 5.69 Å². The number of nitrogens with zero attached hydrogens (tertiary/aromatic N) is 7. The summed E-state index contributed by atoms with van der Waals surface area (Å²) in [6, 6.07) is 7.57. The summed E-state index contributed by atoms with van der Waals surface area (Å²) in [7, 11) is 0. The lowest BCUT2D eigenvalue weighted by Crippen LogP contribution is -2.38. The second-order valence-corrected chi connectivity index (χ2v) is 8.81. The number of benzene rings is 1. The Kier molecular flexibility index (Phi) is 7.23. The quantitative estimate of drug-likeness (QED) is 0.281. The van der Waals surface area contributed by atoms with Gasteiger partial charge in [-0.25, -0.2) is 5.43 Å². The summed E-state index contributed by atoms with van der Waals surface area (Å²) < 4.78 is 11.2. The smallest absolute Gasteiger partial charge is 0.270 e. The van der Waals surface area contributed by atoms with Crippen molar-refractivity contribution in [1.29, 1.82) is 0 Å². The van der Waals surface area contributed by atoms with Crippen LogP contribution in [0.1, 0.15) is 25.0 Å². The van der Waals surface area contributed by atoms with Crippen molar-refractivity contribution in [1.82, 2.24) is 15.0 Å². The summed E-state index contributed by atoms with van der Waals surface area (Å²) in [5.41, 5.74) is 3.24. The van der Waals surface area contributed by atoms with E-state index in [0.717, 1.165) is 25.9 Å². The number of nitro groups is 1. The maximum absolute atomic E-state index is 11.1. The van der Waals surface area contributed by atoms with E-state index >= 15 is 0 Å². The van der Waals surface area contributed by atoms with Gasteiger partial charge in [0.05, 0.1) is 29.4 Å². The molecule has 2 aliphatic heterocycles. The fourth-order valence-corrected chi connectivity index (χ4v) is 4.29. The van der Waals surface area contributed by atoms with Crippen LogP contribution in [0.3, 0.4) is 0 Å². The van der Waals surface area contributed by atoms with E-state index in [9.17, 15) is 10.1 Å². The van der Waals surface area contributed by atoms with Crippen LogP contribution in [0, 0.1) is 10.1 Å². The summed E-state index contributed by atoms with van der Waals surface area (Å²) in [5.74, 6) is 2.37. The molecule has 3 aromatic rings. The van der Waals surface area contributed by atoms with Gasteiger partial charge in [0, 0.05) is 43.9 Å². The first-order valence-electron chi connectivity index (χ1n) is 11.7. The Morgan fingerprint density at radius 3 is 2.44 bits per heavy atom. The molecular weight excluding hydrogens is 488 g/mol. The number of furan rings is 1. The monoisotopic (exact) mass is 512 g/mol. The number of rotatable bonds is 7. The van der Waals surface area contributed by atoms with Crippen molar-refractivity contribution in [2.45, 2.75) is 19.3 Å². The fourth-order valence-electron chi connectivity index (χ4n) is 4.08. The Morgan fingerprint density at radius 1 is 1.00 bits per heavy atom. The number of hydrazone groups is 1. The van der Waals surface area contributed by atoms with Gasteiger partial charge in [-0.1, -0.05) is 11.6 Å². The van der Waals surface area contributed by atoms with E-state index in [4.69, 9.17) is 25.7 Å². The predicted octanol–water partition coefficient (Wildman–Crippen LogP) is 3.97. The Hall–Kier alpha value is -3.77. The average Bonchev–Trinajstić information content (AvgIpc) is 3.38. The van der Waals surface area contributed by atoms with E-state index in [-0.39, 0.29) is 5.69 Å². The first-order valence-corrected chi connectivity index (χ1v) is 12.1. The lowest BCUT2D eigenvalue weighted by atomic mass is 10.1. The van der Waals surface area contributed by atoms with Crippen LogP contribution in [0.25, 0.3) is 11.3 Å². The summed E-state index contributed by atoms with van der Waals surface area (Å²) in [6.07, 6.45) is 4.90. The van der Waals surface area contributed by atoms with E-state index < -0.39 is 4.92 Å². The van der Waals surface area contributed by atoms with Crippen molar-refractivity contribution in [2.24, 2.45) is 5.10 Å². The van der Waals surface area contributed by atoms with Gasteiger partial charge in [0.15, 0.2) is 0 Å². The van der Waals surface area contributed by atoms with Crippen LogP contribution in [-0.4, -0.2) is 65.5 Å². The number of nitro benzene ring substituents is 1. The molecule has 2 saturated heterocycles.